The molecule has 1 N–H and O–H groups in total. The van der Waals surface area contributed by atoms with E-state index in [-0.39, 0.29) is 0 Å². The van der Waals surface area contributed by atoms with Crippen molar-refractivity contribution in [1.82, 2.24) is 15.2 Å². The summed E-state index contributed by atoms with van der Waals surface area (Å²) in [7, 11) is 1.64. The molecule has 0 amide bonds. The number of aryl methyl sites for hydroxylation is 1. The summed E-state index contributed by atoms with van der Waals surface area (Å²) in [5.41, 5.74) is 0.890. The highest BCUT2D eigenvalue weighted by Gasteiger charge is 2.10. The third-order valence-electron chi connectivity index (χ3n) is 2.27. The Morgan fingerprint density at radius 1 is 1.44 bits per heavy atom. The van der Waals surface area contributed by atoms with Crippen LogP contribution in [0, 0.1) is 0 Å². The van der Waals surface area contributed by atoms with E-state index in [2.05, 4.69) is 31.1 Å². The molecule has 0 aliphatic carbocycles. The number of ether oxygens (including phenoxy) is 1. The summed E-state index contributed by atoms with van der Waals surface area (Å²) >= 11 is 3.40. The van der Waals surface area contributed by atoms with Crippen molar-refractivity contribution in [2.75, 3.05) is 7.11 Å². The van der Waals surface area contributed by atoms with Crippen LogP contribution in [0.1, 0.15) is 12.7 Å². The van der Waals surface area contributed by atoms with Gasteiger partial charge in [-0.1, -0.05) is 22.9 Å². The minimum Gasteiger partial charge on any atom is -0.496 e. The third-order valence-corrected chi connectivity index (χ3v) is 2.76. The van der Waals surface area contributed by atoms with Crippen molar-refractivity contribution in [1.29, 1.82) is 0 Å². The summed E-state index contributed by atoms with van der Waals surface area (Å²) in [5, 5.41) is 7.06. The van der Waals surface area contributed by atoms with Gasteiger partial charge in [0.05, 0.1) is 12.7 Å². The number of hydrogen-bond donors (Lipinski definition) is 1. The average molecular weight is 282 g/mol. The van der Waals surface area contributed by atoms with Crippen LogP contribution in [0.15, 0.2) is 22.7 Å². The van der Waals surface area contributed by atoms with Crippen LogP contribution < -0.4 is 4.74 Å². The Kier molecular flexibility index (Phi) is 3.24. The van der Waals surface area contributed by atoms with Crippen LogP contribution in [-0.2, 0) is 6.42 Å². The fraction of sp³-hybridized carbons (Fsp3) is 0.273. The Labute approximate surface area is 102 Å². The van der Waals surface area contributed by atoms with Gasteiger partial charge in [0.1, 0.15) is 11.6 Å². The molecule has 4 nitrogen and oxygen atoms in total. The molecule has 0 aliphatic heterocycles. The zero-order valence-electron chi connectivity index (χ0n) is 9.12. The quantitative estimate of drug-likeness (QED) is 0.941. The summed E-state index contributed by atoms with van der Waals surface area (Å²) in [6.45, 7) is 2.03. The molecule has 0 spiro atoms. The van der Waals surface area contributed by atoms with Gasteiger partial charge in [0.15, 0.2) is 5.82 Å². The molecule has 5 heteroatoms. The number of H-pyrrole nitrogens is 1. The summed E-state index contributed by atoms with van der Waals surface area (Å²) in [5.74, 6) is 2.30. The number of nitrogens with zero attached hydrogens (tertiary/aromatic N) is 2. The van der Waals surface area contributed by atoms with Crippen LogP contribution in [0.4, 0.5) is 0 Å². The van der Waals surface area contributed by atoms with E-state index in [9.17, 15) is 0 Å². The van der Waals surface area contributed by atoms with Crippen molar-refractivity contribution in [3.63, 3.8) is 0 Å². The molecular formula is C11H12BrN3O. The number of rotatable bonds is 3. The van der Waals surface area contributed by atoms with Gasteiger partial charge >= 0.3 is 0 Å². The van der Waals surface area contributed by atoms with Gasteiger partial charge in [0.25, 0.3) is 0 Å². The molecular weight excluding hydrogens is 270 g/mol. The van der Waals surface area contributed by atoms with E-state index in [0.717, 1.165) is 28.0 Å². The second kappa shape index (κ2) is 4.65. The van der Waals surface area contributed by atoms with Crippen LogP contribution >= 0.6 is 15.9 Å². The molecule has 0 aliphatic rings. The van der Waals surface area contributed by atoms with E-state index in [0.29, 0.717) is 5.82 Å². The molecule has 1 aromatic carbocycles. The van der Waals surface area contributed by atoms with Crippen LogP contribution in [-0.4, -0.2) is 22.3 Å². The van der Waals surface area contributed by atoms with Gasteiger partial charge in [-0.05, 0) is 18.2 Å². The molecule has 16 heavy (non-hydrogen) atoms. The minimum atomic E-state index is 0.668. The van der Waals surface area contributed by atoms with Gasteiger partial charge in [-0.3, -0.25) is 5.10 Å². The van der Waals surface area contributed by atoms with Crippen molar-refractivity contribution >= 4 is 15.9 Å². The monoisotopic (exact) mass is 281 g/mol. The first-order valence-corrected chi connectivity index (χ1v) is 5.79. The van der Waals surface area contributed by atoms with E-state index in [1.165, 1.54) is 0 Å². The molecule has 0 unspecified atom stereocenters. The van der Waals surface area contributed by atoms with Crippen LogP contribution in [0.25, 0.3) is 11.4 Å². The molecule has 84 valence electrons. The van der Waals surface area contributed by atoms with Gasteiger partial charge in [0, 0.05) is 10.9 Å². The van der Waals surface area contributed by atoms with E-state index < -0.39 is 0 Å². The molecule has 0 bridgehead atoms. The van der Waals surface area contributed by atoms with Crippen LogP contribution in [0.3, 0.4) is 0 Å². The molecule has 0 fully saturated rings. The molecule has 0 atom stereocenters. The third kappa shape index (κ3) is 2.09. The molecule has 2 rings (SSSR count). The Morgan fingerprint density at radius 3 is 2.88 bits per heavy atom. The van der Waals surface area contributed by atoms with Gasteiger partial charge in [-0.15, -0.1) is 0 Å². The summed E-state index contributed by atoms with van der Waals surface area (Å²) in [4.78, 5) is 4.38. The highest BCUT2D eigenvalue weighted by atomic mass is 79.9. The maximum Gasteiger partial charge on any atom is 0.184 e. The minimum absolute atomic E-state index is 0.668. The first-order valence-electron chi connectivity index (χ1n) is 4.99. The standard InChI is InChI=1S/C11H12BrN3O/c1-3-10-13-11(15-14-10)8-5-4-7(12)6-9(8)16-2/h4-6H,3H2,1-2H3,(H,13,14,15). The number of benzene rings is 1. The predicted molar refractivity (Wildman–Crippen MR) is 65.4 cm³/mol. The van der Waals surface area contributed by atoms with E-state index in [4.69, 9.17) is 4.74 Å². The molecule has 2 aromatic rings. The van der Waals surface area contributed by atoms with Gasteiger partial charge in [-0.25, -0.2) is 4.98 Å². The number of halogens is 1. The molecule has 0 saturated carbocycles. The summed E-state index contributed by atoms with van der Waals surface area (Å²) in [6.07, 6.45) is 0.839. The Hall–Kier alpha value is -1.36. The maximum absolute atomic E-state index is 5.30. The second-order valence-corrected chi connectivity index (χ2v) is 4.22. The van der Waals surface area contributed by atoms with Crippen molar-refractivity contribution in [3.05, 3.63) is 28.5 Å². The van der Waals surface area contributed by atoms with Crippen molar-refractivity contribution in [2.45, 2.75) is 13.3 Å². The molecule has 1 heterocycles. The Bertz CT molecular complexity index is 496. The highest BCUT2D eigenvalue weighted by molar-refractivity contribution is 9.10. The SMILES string of the molecule is CCc1nc(-c2ccc(Br)cc2OC)n[nH]1. The Morgan fingerprint density at radius 2 is 2.25 bits per heavy atom. The fourth-order valence-electron chi connectivity index (χ4n) is 1.42. The number of nitrogens with one attached hydrogen (secondary N) is 1. The second-order valence-electron chi connectivity index (χ2n) is 3.30. The van der Waals surface area contributed by atoms with Crippen molar-refractivity contribution in [2.24, 2.45) is 0 Å². The number of aromatic amines is 1. The largest absolute Gasteiger partial charge is 0.496 e. The lowest BCUT2D eigenvalue weighted by Crippen LogP contribution is -1.89. The molecule has 1 aromatic heterocycles. The maximum atomic E-state index is 5.30. The van der Waals surface area contributed by atoms with Gasteiger partial charge in [0.2, 0.25) is 0 Å². The lowest BCUT2D eigenvalue weighted by Gasteiger charge is -2.05. The molecule has 0 radical (unpaired) electrons. The van der Waals surface area contributed by atoms with Crippen molar-refractivity contribution in [3.8, 4) is 17.1 Å². The summed E-state index contributed by atoms with van der Waals surface area (Å²) < 4.78 is 6.27. The van der Waals surface area contributed by atoms with Crippen molar-refractivity contribution < 1.29 is 4.74 Å². The predicted octanol–water partition coefficient (Wildman–Crippen LogP) is 2.81. The zero-order chi connectivity index (χ0) is 11.5. The lowest BCUT2D eigenvalue weighted by molar-refractivity contribution is 0.416. The molecule has 0 saturated heterocycles. The number of hydrogen-bond acceptors (Lipinski definition) is 3. The Balaban J connectivity index is 2.46. The first kappa shape index (κ1) is 11.1. The normalized spacial score (nSPS) is 10.4. The summed E-state index contributed by atoms with van der Waals surface area (Å²) in [6, 6.07) is 5.78. The first-order chi connectivity index (χ1) is 7.74. The van der Waals surface area contributed by atoms with Crippen LogP contribution in [0.2, 0.25) is 0 Å². The number of methoxy groups -OCH3 is 1. The topological polar surface area (TPSA) is 50.8 Å². The van der Waals surface area contributed by atoms with Gasteiger partial charge in [-0.2, -0.15) is 5.10 Å². The fourth-order valence-corrected chi connectivity index (χ4v) is 1.76. The van der Waals surface area contributed by atoms with E-state index in [1.807, 2.05) is 25.1 Å². The average Bonchev–Trinajstić information content (AvgIpc) is 2.77. The van der Waals surface area contributed by atoms with E-state index >= 15 is 0 Å². The lowest BCUT2D eigenvalue weighted by atomic mass is 10.2. The number of aromatic nitrogens is 3. The van der Waals surface area contributed by atoms with Gasteiger partial charge < -0.3 is 4.74 Å². The van der Waals surface area contributed by atoms with Crippen LogP contribution in [0.5, 0.6) is 5.75 Å². The van der Waals surface area contributed by atoms with E-state index in [1.54, 1.807) is 7.11 Å². The zero-order valence-corrected chi connectivity index (χ0v) is 10.7. The highest BCUT2D eigenvalue weighted by Crippen LogP contribution is 2.30. The smallest absolute Gasteiger partial charge is 0.184 e.